The van der Waals surface area contributed by atoms with E-state index in [1.165, 1.54) is 11.3 Å². The van der Waals surface area contributed by atoms with Crippen LogP contribution in [0.5, 0.6) is 0 Å². The lowest BCUT2D eigenvalue weighted by Gasteiger charge is -2.20. The normalized spacial score (nSPS) is 13.1. The summed E-state index contributed by atoms with van der Waals surface area (Å²) in [4.78, 5) is 6.35. The monoisotopic (exact) mass is 250 g/mol. The average Bonchev–Trinajstić information content (AvgIpc) is 2.82. The standard InChI is InChI=1S/C15H14N4/c16-9-14-12(2-1-6-18-14)10-19-7-5-11-3-4-13(17)8-15(11)19/h1-4,6,8H,5,7,10,17H2. The van der Waals surface area contributed by atoms with Crippen LogP contribution in [0.3, 0.4) is 0 Å². The Balaban J connectivity index is 1.91. The molecule has 4 heteroatoms. The number of nitrogens with two attached hydrogens (primary N) is 1. The number of hydrogen-bond acceptors (Lipinski definition) is 4. The predicted octanol–water partition coefficient (Wildman–Crippen LogP) is 2.10. The topological polar surface area (TPSA) is 65.9 Å². The molecular weight excluding hydrogens is 236 g/mol. The number of rotatable bonds is 2. The van der Waals surface area contributed by atoms with Crippen LogP contribution in [0.15, 0.2) is 36.5 Å². The van der Waals surface area contributed by atoms with Crippen LogP contribution in [0, 0.1) is 11.3 Å². The summed E-state index contributed by atoms with van der Waals surface area (Å²) in [7, 11) is 0. The highest BCUT2D eigenvalue weighted by Crippen LogP contribution is 2.31. The molecule has 0 bridgehead atoms. The number of nitriles is 1. The van der Waals surface area contributed by atoms with Crippen molar-refractivity contribution in [3.8, 4) is 6.07 Å². The summed E-state index contributed by atoms with van der Waals surface area (Å²) in [5.74, 6) is 0. The highest BCUT2D eigenvalue weighted by Gasteiger charge is 2.20. The molecule has 0 aliphatic carbocycles. The molecule has 0 saturated heterocycles. The molecule has 19 heavy (non-hydrogen) atoms. The minimum atomic E-state index is 0.500. The molecule has 0 unspecified atom stereocenters. The van der Waals surface area contributed by atoms with Crippen molar-refractivity contribution in [2.75, 3.05) is 17.2 Å². The Bertz CT molecular complexity index is 657. The first kappa shape index (κ1) is 11.5. The Kier molecular flexibility index (Phi) is 2.81. The molecule has 0 radical (unpaired) electrons. The summed E-state index contributed by atoms with van der Waals surface area (Å²) in [6.07, 6.45) is 2.68. The van der Waals surface area contributed by atoms with Crippen molar-refractivity contribution < 1.29 is 0 Å². The Labute approximate surface area is 112 Å². The smallest absolute Gasteiger partial charge is 0.145 e. The minimum Gasteiger partial charge on any atom is -0.399 e. The van der Waals surface area contributed by atoms with E-state index in [0.717, 1.165) is 24.2 Å². The molecule has 3 rings (SSSR count). The molecule has 0 saturated carbocycles. The molecule has 1 aromatic carbocycles. The first-order valence-electron chi connectivity index (χ1n) is 6.25. The van der Waals surface area contributed by atoms with Crippen LogP contribution >= 0.6 is 0 Å². The maximum atomic E-state index is 9.08. The van der Waals surface area contributed by atoms with Crippen molar-refractivity contribution in [2.24, 2.45) is 0 Å². The first-order chi connectivity index (χ1) is 9.28. The second-order valence-electron chi connectivity index (χ2n) is 4.68. The van der Waals surface area contributed by atoms with Crippen LogP contribution < -0.4 is 10.6 Å². The van der Waals surface area contributed by atoms with Crippen LogP contribution in [0.4, 0.5) is 11.4 Å². The summed E-state index contributed by atoms with van der Waals surface area (Å²) in [5, 5.41) is 9.08. The van der Waals surface area contributed by atoms with E-state index in [1.807, 2.05) is 24.3 Å². The van der Waals surface area contributed by atoms with Crippen LogP contribution in [0.2, 0.25) is 0 Å². The maximum absolute atomic E-state index is 9.08. The molecule has 2 heterocycles. The number of hydrogen-bond donors (Lipinski definition) is 1. The van der Waals surface area contributed by atoms with E-state index in [4.69, 9.17) is 11.0 Å². The van der Waals surface area contributed by atoms with Gasteiger partial charge in [-0.25, -0.2) is 4.98 Å². The fraction of sp³-hybridized carbons (Fsp3) is 0.200. The number of pyridine rings is 1. The van der Waals surface area contributed by atoms with Gasteiger partial charge >= 0.3 is 0 Å². The SMILES string of the molecule is N#Cc1ncccc1CN1CCc2ccc(N)cc21. The molecule has 94 valence electrons. The number of benzene rings is 1. The Morgan fingerprint density at radius 1 is 1.37 bits per heavy atom. The van der Waals surface area contributed by atoms with E-state index in [0.29, 0.717) is 12.2 Å². The molecule has 2 aromatic rings. The van der Waals surface area contributed by atoms with Gasteiger partial charge in [0.1, 0.15) is 11.8 Å². The van der Waals surface area contributed by atoms with Gasteiger partial charge in [-0.15, -0.1) is 0 Å². The number of nitrogens with zero attached hydrogens (tertiary/aromatic N) is 3. The molecule has 1 aliphatic heterocycles. The molecule has 0 spiro atoms. The van der Waals surface area contributed by atoms with Crippen LogP contribution in [-0.4, -0.2) is 11.5 Å². The average molecular weight is 250 g/mol. The van der Waals surface area contributed by atoms with E-state index in [-0.39, 0.29) is 0 Å². The quantitative estimate of drug-likeness (QED) is 0.829. The van der Waals surface area contributed by atoms with Crippen molar-refractivity contribution in [3.63, 3.8) is 0 Å². The third kappa shape index (κ3) is 2.11. The second-order valence-corrected chi connectivity index (χ2v) is 4.68. The van der Waals surface area contributed by atoms with E-state index in [2.05, 4.69) is 22.0 Å². The summed E-state index contributed by atoms with van der Waals surface area (Å²) in [6.45, 7) is 1.66. The third-order valence-corrected chi connectivity index (χ3v) is 3.46. The summed E-state index contributed by atoms with van der Waals surface area (Å²) in [6, 6.07) is 12.0. The van der Waals surface area contributed by atoms with E-state index >= 15 is 0 Å². The number of aromatic nitrogens is 1. The fourth-order valence-electron chi connectivity index (χ4n) is 2.50. The van der Waals surface area contributed by atoms with Gasteiger partial charge in [0.15, 0.2) is 0 Å². The van der Waals surface area contributed by atoms with Crippen LogP contribution in [0.25, 0.3) is 0 Å². The summed E-state index contributed by atoms with van der Waals surface area (Å²) in [5.41, 5.74) is 10.6. The van der Waals surface area contributed by atoms with Gasteiger partial charge in [-0.3, -0.25) is 0 Å². The number of fused-ring (bicyclic) bond motifs is 1. The molecule has 0 fully saturated rings. The summed E-state index contributed by atoms with van der Waals surface area (Å²) < 4.78 is 0. The van der Waals surface area contributed by atoms with E-state index < -0.39 is 0 Å². The molecule has 2 N–H and O–H groups in total. The number of anilines is 2. The van der Waals surface area contributed by atoms with Crippen molar-refractivity contribution >= 4 is 11.4 Å². The van der Waals surface area contributed by atoms with E-state index in [1.54, 1.807) is 6.20 Å². The molecule has 1 aromatic heterocycles. The molecule has 4 nitrogen and oxygen atoms in total. The van der Waals surface area contributed by atoms with Crippen molar-refractivity contribution in [1.29, 1.82) is 5.26 Å². The predicted molar refractivity (Wildman–Crippen MR) is 74.6 cm³/mol. The minimum absolute atomic E-state index is 0.500. The summed E-state index contributed by atoms with van der Waals surface area (Å²) >= 11 is 0. The van der Waals surface area contributed by atoms with Gasteiger partial charge in [0.25, 0.3) is 0 Å². The third-order valence-electron chi connectivity index (χ3n) is 3.46. The van der Waals surface area contributed by atoms with Crippen molar-refractivity contribution in [2.45, 2.75) is 13.0 Å². The zero-order valence-corrected chi connectivity index (χ0v) is 10.5. The zero-order valence-electron chi connectivity index (χ0n) is 10.5. The Hall–Kier alpha value is -2.54. The van der Waals surface area contributed by atoms with Gasteiger partial charge < -0.3 is 10.6 Å². The number of nitrogen functional groups attached to an aromatic ring is 1. The second kappa shape index (κ2) is 4.62. The van der Waals surface area contributed by atoms with E-state index in [9.17, 15) is 0 Å². The molecular formula is C15H14N4. The lowest BCUT2D eigenvalue weighted by molar-refractivity contribution is 0.829. The lowest BCUT2D eigenvalue weighted by Crippen LogP contribution is -2.20. The van der Waals surface area contributed by atoms with Crippen LogP contribution in [0.1, 0.15) is 16.8 Å². The van der Waals surface area contributed by atoms with Gasteiger partial charge in [-0.05, 0) is 30.2 Å². The molecule has 0 amide bonds. The molecule has 0 atom stereocenters. The van der Waals surface area contributed by atoms with Gasteiger partial charge in [-0.1, -0.05) is 12.1 Å². The van der Waals surface area contributed by atoms with Gasteiger partial charge in [-0.2, -0.15) is 5.26 Å². The van der Waals surface area contributed by atoms with Crippen molar-refractivity contribution in [3.05, 3.63) is 53.3 Å². The van der Waals surface area contributed by atoms with Gasteiger partial charge in [0.05, 0.1) is 0 Å². The highest BCUT2D eigenvalue weighted by molar-refractivity contribution is 5.64. The van der Waals surface area contributed by atoms with Crippen LogP contribution in [-0.2, 0) is 13.0 Å². The zero-order chi connectivity index (χ0) is 13.2. The fourth-order valence-corrected chi connectivity index (χ4v) is 2.50. The highest BCUT2D eigenvalue weighted by atomic mass is 15.1. The largest absolute Gasteiger partial charge is 0.399 e. The first-order valence-corrected chi connectivity index (χ1v) is 6.25. The lowest BCUT2D eigenvalue weighted by atomic mass is 10.1. The maximum Gasteiger partial charge on any atom is 0.145 e. The van der Waals surface area contributed by atoms with Crippen molar-refractivity contribution in [1.82, 2.24) is 4.98 Å². The van der Waals surface area contributed by atoms with Gasteiger partial charge in [0.2, 0.25) is 0 Å². The Morgan fingerprint density at radius 2 is 2.26 bits per heavy atom. The van der Waals surface area contributed by atoms with Gasteiger partial charge in [0, 0.05) is 36.2 Å². The Morgan fingerprint density at radius 3 is 3.11 bits per heavy atom. The molecule has 1 aliphatic rings.